The zero-order chi connectivity index (χ0) is 16.0. The molecule has 0 radical (unpaired) electrons. The van der Waals surface area contributed by atoms with Gasteiger partial charge in [0.2, 0.25) is 0 Å². The Morgan fingerprint density at radius 3 is 2.83 bits per heavy atom. The standard InChI is InChI=1S/C19H19N3O/c1-12-13-7-10-20-17(13)21-11-16(12)22-18(23)14-5-3-4-6-15(14)19(2)8-9-19/h3-7,10-11H,8-9H2,1-2H3,(H,20,21)(H,22,23). The second kappa shape index (κ2) is 4.95. The molecule has 1 aromatic carbocycles. The maximum absolute atomic E-state index is 12.8. The van der Waals surface area contributed by atoms with Crippen molar-refractivity contribution in [2.24, 2.45) is 0 Å². The van der Waals surface area contributed by atoms with Crippen LogP contribution in [0.2, 0.25) is 0 Å². The number of amides is 1. The largest absolute Gasteiger partial charge is 0.346 e. The number of aryl methyl sites for hydroxylation is 1. The molecule has 1 fully saturated rings. The minimum atomic E-state index is -0.0616. The normalized spacial score (nSPS) is 15.6. The highest BCUT2D eigenvalue weighted by Gasteiger charge is 2.41. The van der Waals surface area contributed by atoms with Crippen molar-refractivity contribution in [3.8, 4) is 0 Å². The number of nitrogens with one attached hydrogen (secondary N) is 2. The van der Waals surface area contributed by atoms with Gasteiger partial charge in [0.25, 0.3) is 5.91 Å². The van der Waals surface area contributed by atoms with E-state index < -0.39 is 0 Å². The summed E-state index contributed by atoms with van der Waals surface area (Å²) in [6.45, 7) is 4.22. The second-order valence-electron chi connectivity index (χ2n) is 6.60. The fourth-order valence-electron chi connectivity index (χ4n) is 3.12. The number of aromatic amines is 1. The van der Waals surface area contributed by atoms with Crippen LogP contribution in [0.1, 0.15) is 41.3 Å². The van der Waals surface area contributed by atoms with Crippen LogP contribution in [0, 0.1) is 6.92 Å². The Kier molecular flexibility index (Phi) is 3.01. The van der Waals surface area contributed by atoms with Gasteiger partial charge in [-0.1, -0.05) is 25.1 Å². The molecule has 4 heteroatoms. The summed E-state index contributed by atoms with van der Waals surface area (Å²) >= 11 is 0. The number of carbonyl (C=O) groups excluding carboxylic acids is 1. The van der Waals surface area contributed by atoms with Crippen molar-refractivity contribution in [1.82, 2.24) is 9.97 Å². The number of anilines is 1. The predicted molar refractivity (Wildman–Crippen MR) is 91.8 cm³/mol. The van der Waals surface area contributed by atoms with Gasteiger partial charge in [0.05, 0.1) is 11.9 Å². The first-order chi connectivity index (χ1) is 11.1. The average Bonchev–Trinajstić information content (AvgIpc) is 3.12. The predicted octanol–water partition coefficient (Wildman–Crippen LogP) is 4.18. The van der Waals surface area contributed by atoms with Gasteiger partial charge >= 0.3 is 0 Å². The number of hydrogen-bond acceptors (Lipinski definition) is 2. The molecule has 4 rings (SSSR count). The van der Waals surface area contributed by atoms with Gasteiger partial charge in [-0.2, -0.15) is 0 Å². The molecule has 1 saturated carbocycles. The van der Waals surface area contributed by atoms with Crippen LogP contribution < -0.4 is 5.32 Å². The fraction of sp³-hybridized carbons (Fsp3) is 0.263. The van der Waals surface area contributed by atoms with Crippen LogP contribution in [0.4, 0.5) is 5.69 Å². The number of fused-ring (bicyclic) bond motifs is 1. The molecule has 2 N–H and O–H groups in total. The molecule has 2 aromatic heterocycles. The maximum Gasteiger partial charge on any atom is 0.256 e. The molecule has 0 unspecified atom stereocenters. The van der Waals surface area contributed by atoms with Crippen molar-refractivity contribution in [2.75, 3.05) is 5.32 Å². The number of rotatable bonds is 3. The minimum absolute atomic E-state index is 0.0616. The van der Waals surface area contributed by atoms with Crippen molar-refractivity contribution in [3.05, 3.63) is 59.4 Å². The number of nitrogens with zero attached hydrogens (tertiary/aromatic N) is 1. The first-order valence-electron chi connectivity index (χ1n) is 7.92. The van der Waals surface area contributed by atoms with Gasteiger partial charge in [0, 0.05) is 17.1 Å². The third kappa shape index (κ3) is 2.31. The Balaban J connectivity index is 1.69. The van der Waals surface area contributed by atoms with Crippen LogP contribution in [0.3, 0.4) is 0 Å². The van der Waals surface area contributed by atoms with Crippen LogP contribution in [0.5, 0.6) is 0 Å². The van der Waals surface area contributed by atoms with Crippen molar-refractivity contribution >= 4 is 22.6 Å². The van der Waals surface area contributed by atoms with E-state index in [1.165, 1.54) is 0 Å². The van der Waals surface area contributed by atoms with Gasteiger partial charge in [0.15, 0.2) is 0 Å². The van der Waals surface area contributed by atoms with Gasteiger partial charge in [-0.15, -0.1) is 0 Å². The summed E-state index contributed by atoms with van der Waals surface area (Å²) in [4.78, 5) is 20.2. The van der Waals surface area contributed by atoms with Crippen molar-refractivity contribution < 1.29 is 4.79 Å². The number of carbonyl (C=O) groups is 1. The Labute approximate surface area is 134 Å². The Morgan fingerprint density at radius 2 is 2.04 bits per heavy atom. The number of aromatic nitrogens is 2. The molecule has 116 valence electrons. The summed E-state index contributed by atoms with van der Waals surface area (Å²) in [7, 11) is 0. The third-order valence-corrected chi connectivity index (χ3v) is 4.93. The lowest BCUT2D eigenvalue weighted by atomic mass is 9.92. The summed E-state index contributed by atoms with van der Waals surface area (Å²) in [5.74, 6) is -0.0616. The molecule has 1 amide bonds. The van der Waals surface area contributed by atoms with Crippen LogP contribution in [0.15, 0.2) is 42.7 Å². The van der Waals surface area contributed by atoms with Gasteiger partial charge in [0.1, 0.15) is 5.65 Å². The van der Waals surface area contributed by atoms with E-state index in [-0.39, 0.29) is 11.3 Å². The van der Waals surface area contributed by atoms with Crippen molar-refractivity contribution in [1.29, 1.82) is 0 Å². The molecule has 3 aromatic rings. The molecule has 1 aliphatic carbocycles. The Morgan fingerprint density at radius 1 is 1.26 bits per heavy atom. The molecule has 0 spiro atoms. The fourth-order valence-corrected chi connectivity index (χ4v) is 3.12. The monoisotopic (exact) mass is 305 g/mol. The van der Waals surface area contributed by atoms with E-state index in [0.717, 1.165) is 46.3 Å². The quantitative estimate of drug-likeness (QED) is 0.763. The highest BCUT2D eigenvalue weighted by Crippen LogP contribution is 2.48. The van der Waals surface area contributed by atoms with E-state index in [4.69, 9.17) is 0 Å². The average molecular weight is 305 g/mol. The summed E-state index contributed by atoms with van der Waals surface area (Å²) < 4.78 is 0. The number of pyridine rings is 1. The van der Waals surface area contributed by atoms with Crippen LogP contribution in [0.25, 0.3) is 11.0 Å². The second-order valence-corrected chi connectivity index (χ2v) is 6.60. The van der Waals surface area contributed by atoms with Gasteiger partial charge < -0.3 is 10.3 Å². The number of hydrogen-bond donors (Lipinski definition) is 2. The zero-order valence-electron chi connectivity index (χ0n) is 13.3. The zero-order valence-corrected chi connectivity index (χ0v) is 13.3. The molecule has 0 saturated heterocycles. The topological polar surface area (TPSA) is 57.8 Å². The molecule has 0 bridgehead atoms. The SMILES string of the molecule is Cc1c(NC(=O)c2ccccc2C2(C)CC2)cnc2[nH]ccc12. The molecule has 0 atom stereocenters. The van der Waals surface area contributed by atoms with E-state index >= 15 is 0 Å². The molecule has 0 aliphatic heterocycles. The minimum Gasteiger partial charge on any atom is -0.346 e. The smallest absolute Gasteiger partial charge is 0.256 e. The van der Waals surface area contributed by atoms with E-state index in [1.54, 1.807) is 6.20 Å². The lowest BCUT2D eigenvalue weighted by Crippen LogP contribution is -2.17. The molecule has 4 nitrogen and oxygen atoms in total. The van der Waals surface area contributed by atoms with Crippen LogP contribution >= 0.6 is 0 Å². The number of benzene rings is 1. The summed E-state index contributed by atoms with van der Waals surface area (Å²) in [6, 6.07) is 9.89. The Bertz CT molecular complexity index is 906. The highest BCUT2D eigenvalue weighted by atomic mass is 16.1. The molecule has 1 aliphatic rings. The third-order valence-electron chi connectivity index (χ3n) is 4.93. The van der Waals surface area contributed by atoms with Crippen molar-refractivity contribution in [3.63, 3.8) is 0 Å². The van der Waals surface area contributed by atoms with Gasteiger partial charge in [-0.25, -0.2) is 4.98 Å². The first kappa shape index (κ1) is 14.0. The van der Waals surface area contributed by atoms with Gasteiger partial charge in [-0.3, -0.25) is 4.79 Å². The highest BCUT2D eigenvalue weighted by molar-refractivity contribution is 6.06. The molecular weight excluding hydrogens is 286 g/mol. The lowest BCUT2D eigenvalue weighted by molar-refractivity contribution is 0.102. The van der Waals surface area contributed by atoms with Crippen LogP contribution in [-0.2, 0) is 5.41 Å². The lowest BCUT2D eigenvalue weighted by Gasteiger charge is -2.15. The molecule has 2 heterocycles. The van der Waals surface area contributed by atoms with Gasteiger partial charge in [-0.05, 0) is 48.4 Å². The molecule has 23 heavy (non-hydrogen) atoms. The van der Waals surface area contributed by atoms with Crippen molar-refractivity contribution in [2.45, 2.75) is 32.1 Å². The summed E-state index contributed by atoms with van der Waals surface area (Å²) in [5, 5.41) is 4.07. The van der Waals surface area contributed by atoms with E-state index in [2.05, 4.69) is 28.3 Å². The molecular formula is C19H19N3O. The van der Waals surface area contributed by atoms with E-state index in [0.29, 0.717) is 0 Å². The Hall–Kier alpha value is -2.62. The maximum atomic E-state index is 12.8. The summed E-state index contributed by atoms with van der Waals surface area (Å²) in [6.07, 6.45) is 5.87. The van der Waals surface area contributed by atoms with E-state index in [9.17, 15) is 4.79 Å². The number of H-pyrrole nitrogens is 1. The van der Waals surface area contributed by atoms with E-state index in [1.807, 2.05) is 37.4 Å². The summed E-state index contributed by atoms with van der Waals surface area (Å²) in [5.41, 5.74) is 4.70. The van der Waals surface area contributed by atoms with Crippen LogP contribution in [-0.4, -0.2) is 15.9 Å². The first-order valence-corrected chi connectivity index (χ1v) is 7.92.